The molecule has 3 aromatic carbocycles. The Labute approximate surface area is 189 Å². The van der Waals surface area contributed by atoms with Crippen molar-refractivity contribution in [1.82, 2.24) is 0 Å². The van der Waals surface area contributed by atoms with Gasteiger partial charge in [-0.3, -0.25) is 0 Å². The maximum atomic E-state index is 11.6. The van der Waals surface area contributed by atoms with E-state index in [1.165, 1.54) is 6.07 Å². The van der Waals surface area contributed by atoms with Crippen LogP contribution in [0.3, 0.4) is 0 Å². The minimum Gasteiger partial charge on any atom is -0.497 e. The van der Waals surface area contributed by atoms with Crippen LogP contribution in [-0.2, 0) is 13.2 Å². The summed E-state index contributed by atoms with van der Waals surface area (Å²) in [7, 11) is 1.64. The van der Waals surface area contributed by atoms with Crippen molar-refractivity contribution in [3.63, 3.8) is 0 Å². The van der Waals surface area contributed by atoms with Gasteiger partial charge in [-0.15, -0.1) is 0 Å². The fourth-order valence-corrected chi connectivity index (χ4v) is 3.67. The van der Waals surface area contributed by atoms with Crippen molar-refractivity contribution < 1.29 is 23.0 Å². The molecule has 0 saturated heterocycles. The van der Waals surface area contributed by atoms with Gasteiger partial charge >= 0.3 is 5.63 Å². The molecule has 5 rings (SSSR count). The van der Waals surface area contributed by atoms with E-state index in [-0.39, 0.29) is 5.63 Å². The van der Waals surface area contributed by atoms with Crippen LogP contribution < -0.4 is 19.8 Å². The Morgan fingerprint density at radius 3 is 2.30 bits per heavy atom. The van der Waals surface area contributed by atoms with Gasteiger partial charge in [0.05, 0.1) is 7.11 Å². The predicted octanol–water partition coefficient (Wildman–Crippen LogP) is 6.01. The van der Waals surface area contributed by atoms with Crippen molar-refractivity contribution in [1.29, 1.82) is 0 Å². The van der Waals surface area contributed by atoms with E-state index < -0.39 is 0 Å². The monoisotopic (exact) mass is 442 g/mol. The SMILES string of the molecule is COc1ccc2oc(COc3ccc(COc4ccc5c(C)cc(=O)oc5c4)cc3)cc2c1. The number of hydrogen-bond acceptors (Lipinski definition) is 6. The van der Waals surface area contributed by atoms with Crippen LogP contribution in [0.5, 0.6) is 17.2 Å². The summed E-state index contributed by atoms with van der Waals surface area (Å²) in [5.41, 5.74) is 2.82. The molecule has 2 heterocycles. The zero-order valence-corrected chi connectivity index (χ0v) is 18.3. The summed E-state index contributed by atoms with van der Waals surface area (Å²) in [5.74, 6) is 2.90. The van der Waals surface area contributed by atoms with Crippen molar-refractivity contribution in [2.24, 2.45) is 0 Å². The normalized spacial score (nSPS) is 11.1. The number of fused-ring (bicyclic) bond motifs is 2. The average molecular weight is 442 g/mol. The lowest BCUT2D eigenvalue weighted by molar-refractivity contribution is 0.274. The summed E-state index contributed by atoms with van der Waals surface area (Å²) in [4.78, 5) is 11.6. The van der Waals surface area contributed by atoms with Gasteiger partial charge in [0.25, 0.3) is 0 Å². The molecular formula is C27H22O6. The first kappa shape index (κ1) is 20.7. The number of aryl methyl sites for hydroxylation is 1. The Morgan fingerprint density at radius 1 is 0.727 bits per heavy atom. The summed E-state index contributed by atoms with van der Waals surface area (Å²) in [5, 5.41) is 1.87. The maximum Gasteiger partial charge on any atom is 0.336 e. The smallest absolute Gasteiger partial charge is 0.336 e. The first-order chi connectivity index (χ1) is 16.1. The molecule has 0 aliphatic rings. The van der Waals surface area contributed by atoms with Crippen LogP contribution in [0, 0.1) is 6.92 Å². The lowest BCUT2D eigenvalue weighted by Gasteiger charge is -2.09. The van der Waals surface area contributed by atoms with Gasteiger partial charge in [-0.25, -0.2) is 4.79 Å². The zero-order valence-electron chi connectivity index (χ0n) is 18.3. The molecule has 166 valence electrons. The molecule has 0 bridgehead atoms. The molecule has 0 aliphatic heterocycles. The predicted molar refractivity (Wildman–Crippen MR) is 125 cm³/mol. The van der Waals surface area contributed by atoms with Crippen molar-refractivity contribution >= 4 is 21.9 Å². The van der Waals surface area contributed by atoms with Crippen LogP contribution in [0.4, 0.5) is 0 Å². The molecule has 33 heavy (non-hydrogen) atoms. The fourth-order valence-electron chi connectivity index (χ4n) is 3.67. The van der Waals surface area contributed by atoms with Crippen molar-refractivity contribution in [3.8, 4) is 17.2 Å². The van der Waals surface area contributed by atoms with Crippen LogP contribution in [0.15, 0.2) is 86.4 Å². The summed E-state index contributed by atoms with van der Waals surface area (Å²) in [6.45, 7) is 2.59. The Balaban J connectivity index is 1.20. The van der Waals surface area contributed by atoms with E-state index in [9.17, 15) is 4.79 Å². The number of furan rings is 1. The Kier molecular flexibility index (Phi) is 5.48. The van der Waals surface area contributed by atoms with Gasteiger partial charge in [-0.1, -0.05) is 12.1 Å². The molecule has 0 spiro atoms. The Morgan fingerprint density at radius 2 is 1.48 bits per heavy atom. The zero-order chi connectivity index (χ0) is 22.8. The number of ether oxygens (including phenoxy) is 3. The van der Waals surface area contributed by atoms with Gasteiger partial charge in [-0.05, 0) is 66.6 Å². The number of hydrogen-bond donors (Lipinski definition) is 0. The highest BCUT2D eigenvalue weighted by Gasteiger charge is 2.07. The van der Waals surface area contributed by atoms with Crippen molar-refractivity contribution in [3.05, 3.63) is 100 Å². The van der Waals surface area contributed by atoms with Crippen LogP contribution in [0.1, 0.15) is 16.9 Å². The third-order valence-corrected chi connectivity index (χ3v) is 5.41. The molecule has 0 aliphatic carbocycles. The highest BCUT2D eigenvalue weighted by Crippen LogP contribution is 2.26. The van der Waals surface area contributed by atoms with E-state index in [0.29, 0.717) is 24.5 Å². The van der Waals surface area contributed by atoms with E-state index >= 15 is 0 Å². The van der Waals surface area contributed by atoms with Crippen molar-refractivity contribution in [2.75, 3.05) is 7.11 Å². The molecular weight excluding hydrogens is 420 g/mol. The molecule has 6 nitrogen and oxygen atoms in total. The van der Waals surface area contributed by atoms with E-state index in [2.05, 4.69) is 0 Å². The third kappa shape index (κ3) is 4.55. The molecule has 2 aromatic heterocycles. The van der Waals surface area contributed by atoms with E-state index in [4.69, 9.17) is 23.0 Å². The van der Waals surface area contributed by atoms with Crippen LogP contribution in [-0.4, -0.2) is 7.11 Å². The second-order valence-corrected chi connectivity index (χ2v) is 7.74. The number of benzene rings is 3. The van der Waals surface area contributed by atoms with Gasteiger partial charge in [0, 0.05) is 22.9 Å². The topological polar surface area (TPSA) is 71.0 Å². The van der Waals surface area contributed by atoms with Gasteiger partial charge in [-0.2, -0.15) is 0 Å². The molecule has 0 saturated carbocycles. The lowest BCUT2D eigenvalue weighted by atomic mass is 10.1. The first-order valence-electron chi connectivity index (χ1n) is 10.5. The standard InChI is InChI=1S/C27H22O6/c1-17-11-27(28)33-26-14-22(7-9-24(17)26)30-15-18-3-5-20(6-4-18)31-16-23-13-19-12-21(29-2)8-10-25(19)32-23/h3-14H,15-16H2,1-2H3. The highest BCUT2D eigenvalue weighted by molar-refractivity contribution is 5.81. The third-order valence-electron chi connectivity index (χ3n) is 5.41. The molecule has 0 unspecified atom stereocenters. The van der Waals surface area contributed by atoms with Gasteiger partial charge in [0.2, 0.25) is 0 Å². The van der Waals surface area contributed by atoms with E-state index in [1.807, 2.05) is 67.6 Å². The molecule has 0 atom stereocenters. The molecule has 0 fully saturated rings. The Hall–Kier alpha value is -4.19. The second kappa shape index (κ2) is 8.74. The van der Waals surface area contributed by atoms with Gasteiger partial charge in [0.15, 0.2) is 0 Å². The van der Waals surface area contributed by atoms with Gasteiger partial charge in [0.1, 0.15) is 47.4 Å². The lowest BCUT2D eigenvalue weighted by Crippen LogP contribution is -1.99. The maximum absolute atomic E-state index is 11.6. The highest BCUT2D eigenvalue weighted by atomic mass is 16.5. The van der Waals surface area contributed by atoms with E-state index in [0.717, 1.165) is 44.7 Å². The Bertz CT molecular complexity index is 1480. The first-order valence-corrected chi connectivity index (χ1v) is 10.5. The molecule has 6 heteroatoms. The summed E-state index contributed by atoms with van der Waals surface area (Å²) in [6, 6.07) is 22.3. The second-order valence-electron chi connectivity index (χ2n) is 7.74. The molecule has 0 N–H and O–H groups in total. The largest absolute Gasteiger partial charge is 0.497 e. The van der Waals surface area contributed by atoms with Crippen LogP contribution >= 0.6 is 0 Å². The minimum absolute atomic E-state index is 0.328. The van der Waals surface area contributed by atoms with Crippen LogP contribution in [0.25, 0.3) is 21.9 Å². The summed E-state index contributed by atoms with van der Waals surface area (Å²) in [6.07, 6.45) is 0. The van der Waals surface area contributed by atoms with E-state index in [1.54, 1.807) is 13.2 Å². The average Bonchev–Trinajstić information content (AvgIpc) is 3.24. The summed E-state index contributed by atoms with van der Waals surface area (Å²) >= 11 is 0. The molecule has 0 amide bonds. The summed E-state index contributed by atoms with van der Waals surface area (Å²) < 4.78 is 28.1. The molecule has 0 radical (unpaired) electrons. The van der Waals surface area contributed by atoms with Gasteiger partial charge < -0.3 is 23.0 Å². The number of rotatable bonds is 7. The van der Waals surface area contributed by atoms with Crippen LogP contribution in [0.2, 0.25) is 0 Å². The fraction of sp³-hybridized carbons (Fsp3) is 0.148. The van der Waals surface area contributed by atoms with Crippen molar-refractivity contribution in [2.45, 2.75) is 20.1 Å². The minimum atomic E-state index is -0.366. The quantitative estimate of drug-likeness (QED) is 0.287. The molecule has 5 aromatic rings. The number of methoxy groups -OCH3 is 1.